The van der Waals surface area contributed by atoms with Crippen molar-refractivity contribution in [1.29, 1.82) is 0 Å². The minimum Gasteiger partial charge on any atom is -0.379 e. The first-order valence-electron chi connectivity index (χ1n) is 11.2. The highest BCUT2D eigenvalue weighted by Crippen LogP contribution is 2.13. The van der Waals surface area contributed by atoms with E-state index in [1.165, 1.54) is 0 Å². The third-order valence-corrected chi connectivity index (χ3v) is 5.83. The van der Waals surface area contributed by atoms with E-state index in [0.717, 1.165) is 76.6 Å². The molecule has 0 saturated carbocycles. The summed E-state index contributed by atoms with van der Waals surface area (Å²) in [6.45, 7) is 12.8. The summed E-state index contributed by atoms with van der Waals surface area (Å²) in [4.78, 5) is 32.1. The number of morpholine rings is 1. The van der Waals surface area contributed by atoms with Crippen molar-refractivity contribution in [2.45, 2.75) is 26.7 Å². The van der Waals surface area contributed by atoms with Gasteiger partial charge in [0.25, 0.3) is 5.91 Å². The van der Waals surface area contributed by atoms with Gasteiger partial charge in [0.15, 0.2) is 0 Å². The number of aryl methyl sites for hydroxylation is 2. The molecule has 2 saturated heterocycles. The largest absolute Gasteiger partial charge is 0.379 e. The zero-order chi connectivity index (χ0) is 21.3. The van der Waals surface area contributed by atoms with E-state index in [-0.39, 0.29) is 11.8 Å². The van der Waals surface area contributed by atoms with Crippen LogP contribution in [0.2, 0.25) is 0 Å². The molecule has 2 aliphatic heterocycles. The molecular formula is C23H36N4O3. The van der Waals surface area contributed by atoms with Crippen molar-refractivity contribution in [2.24, 2.45) is 0 Å². The van der Waals surface area contributed by atoms with Crippen LogP contribution in [-0.2, 0) is 9.53 Å². The van der Waals surface area contributed by atoms with E-state index >= 15 is 0 Å². The minimum atomic E-state index is 0.0249. The Bertz CT molecular complexity index is 692. The Hall–Kier alpha value is -1.96. The van der Waals surface area contributed by atoms with Crippen LogP contribution in [0.1, 0.15) is 34.3 Å². The highest BCUT2D eigenvalue weighted by Gasteiger charge is 2.21. The molecule has 7 heteroatoms. The van der Waals surface area contributed by atoms with E-state index in [0.29, 0.717) is 25.1 Å². The molecule has 2 heterocycles. The van der Waals surface area contributed by atoms with Gasteiger partial charge in [-0.2, -0.15) is 0 Å². The molecule has 166 valence electrons. The van der Waals surface area contributed by atoms with Gasteiger partial charge < -0.3 is 19.9 Å². The Morgan fingerprint density at radius 2 is 1.67 bits per heavy atom. The Kier molecular flexibility index (Phi) is 8.66. The summed E-state index contributed by atoms with van der Waals surface area (Å²) in [7, 11) is 0. The van der Waals surface area contributed by atoms with Gasteiger partial charge in [-0.15, -0.1) is 0 Å². The predicted octanol–water partition coefficient (Wildman–Crippen LogP) is 1.29. The Morgan fingerprint density at radius 3 is 2.33 bits per heavy atom. The summed E-state index contributed by atoms with van der Waals surface area (Å²) in [5, 5.41) is 3.27. The van der Waals surface area contributed by atoms with E-state index in [1.54, 1.807) is 0 Å². The SMILES string of the molecule is Cc1cc(C)cc(C(=O)N(CCCN2CCOCC2)CCC(=O)N2CCNCC2)c1. The Morgan fingerprint density at radius 1 is 1.00 bits per heavy atom. The lowest BCUT2D eigenvalue weighted by Crippen LogP contribution is -2.47. The third-order valence-electron chi connectivity index (χ3n) is 5.83. The van der Waals surface area contributed by atoms with Crippen molar-refractivity contribution in [2.75, 3.05) is 72.1 Å². The zero-order valence-corrected chi connectivity index (χ0v) is 18.5. The van der Waals surface area contributed by atoms with Gasteiger partial charge >= 0.3 is 0 Å². The Labute approximate surface area is 180 Å². The highest BCUT2D eigenvalue weighted by atomic mass is 16.5. The molecule has 0 aliphatic carbocycles. The number of carbonyl (C=O) groups excluding carboxylic acids is 2. The lowest BCUT2D eigenvalue weighted by molar-refractivity contribution is -0.131. The van der Waals surface area contributed by atoms with Gasteiger partial charge in [0.05, 0.1) is 13.2 Å². The number of piperazine rings is 1. The molecule has 0 atom stereocenters. The fourth-order valence-corrected chi connectivity index (χ4v) is 4.21. The predicted molar refractivity (Wildman–Crippen MR) is 118 cm³/mol. The van der Waals surface area contributed by atoms with Gasteiger partial charge in [-0.25, -0.2) is 0 Å². The van der Waals surface area contributed by atoms with Crippen molar-refractivity contribution in [3.63, 3.8) is 0 Å². The molecule has 2 amide bonds. The van der Waals surface area contributed by atoms with Crippen LogP contribution in [0.3, 0.4) is 0 Å². The fraction of sp³-hybridized carbons (Fsp3) is 0.652. The molecule has 1 aromatic rings. The number of carbonyl (C=O) groups is 2. The molecule has 0 aromatic heterocycles. The molecular weight excluding hydrogens is 380 g/mol. The number of nitrogens with zero attached hydrogens (tertiary/aromatic N) is 3. The fourth-order valence-electron chi connectivity index (χ4n) is 4.21. The minimum absolute atomic E-state index is 0.0249. The van der Waals surface area contributed by atoms with Gasteiger partial charge in [-0.1, -0.05) is 17.2 Å². The van der Waals surface area contributed by atoms with Crippen LogP contribution in [0.5, 0.6) is 0 Å². The van der Waals surface area contributed by atoms with Gasteiger partial charge in [0.2, 0.25) is 5.91 Å². The average Bonchev–Trinajstić information content (AvgIpc) is 2.76. The molecule has 3 rings (SSSR count). The lowest BCUT2D eigenvalue weighted by atomic mass is 10.1. The van der Waals surface area contributed by atoms with Crippen LogP contribution in [0, 0.1) is 13.8 Å². The molecule has 1 N–H and O–H groups in total. The number of nitrogens with one attached hydrogen (secondary N) is 1. The quantitative estimate of drug-likeness (QED) is 0.692. The first-order chi connectivity index (χ1) is 14.5. The van der Waals surface area contributed by atoms with E-state index in [1.807, 2.05) is 35.8 Å². The average molecular weight is 417 g/mol. The lowest BCUT2D eigenvalue weighted by Gasteiger charge is -2.30. The summed E-state index contributed by atoms with van der Waals surface area (Å²) >= 11 is 0. The van der Waals surface area contributed by atoms with Crippen molar-refractivity contribution in [3.05, 3.63) is 34.9 Å². The van der Waals surface area contributed by atoms with Crippen LogP contribution >= 0.6 is 0 Å². The molecule has 0 radical (unpaired) electrons. The summed E-state index contributed by atoms with van der Waals surface area (Å²) in [5.41, 5.74) is 2.89. The molecule has 0 unspecified atom stereocenters. The molecule has 30 heavy (non-hydrogen) atoms. The molecule has 2 aliphatic rings. The van der Waals surface area contributed by atoms with Crippen molar-refractivity contribution in [1.82, 2.24) is 20.0 Å². The Balaban J connectivity index is 1.60. The number of benzene rings is 1. The number of hydrogen-bond donors (Lipinski definition) is 1. The maximum absolute atomic E-state index is 13.3. The van der Waals surface area contributed by atoms with Crippen LogP contribution in [0.25, 0.3) is 0 Å². The number of rotatable bonds is 8. The van der Waals surface area contributed by atoms with Crippen LogP contribution < -0.4 is 5.32 Å². The van der Waals surface area contributed by atoms with E-state index < -0.39 is 0 Å². The maximum atomic E-state index is 13.3. The van der Waals surface area contributed by atoms with Gasteiger partial charge in [0, 0.05) is 70.9 Å². The summed E-state index contributed by atoms with van der Waals surface area (Å²) in [6, 6.07) is 5.97. The second kappa shape index (κ2) is 11.4. The van der Waals surface area contributed by atoms with Crippen molar-refractivity contribution < 1.29 is 14.3 Å². The first kappa shape index (κ1) is 22.7. The van der Waals surface area contributed by atoms with Crippen LogP contribution in [0.15, 0.2) is 18.2 Å². The van der Waals surface area contributed by atoms with E-state index in [4.69, 9.17) is 4.74 Å². The van der Waals surface area contributed by atoms with Gasteiger partial charge in [-0.05, 0) is 32.4 Å². The zero-order valence-electron chi connectivity index (χ0n) is 18.5. The van der Waals surface area contributed by atoms with Crippen LogP contribution in [-0.4, -0.2) is 98.6 Å². The maximum Gasteiger partial charge on any atom is 0.253 e. The van der Waals surface area contributed by atoms with E-state index in [9.17, 15) is 9.59 Å². The second-order valence-corrected chi connectivity index (χ2v) is 8.36. The third kappa shape index (κ3) is 6.79. The summed E-state index contributed by atoms with van der Waals surface area (Å²) < 4.78 is 5.42. The number of amides is 2. The van der Waals surface area contributed by atoms with Crippen molar-refractivity contribution in [3.8, 4) is 0 Å². The monoisotopic (exact) mass is 416 g/mol. The summed E-state index contributed by atoms with van der Waals surface area (Å²) in [6.07, 6.45) is 1.28. The molecule has 0 bridgehead atoms. The molecule has 2 fully saturated rings. The molecule has 1 aromatic carbocycles. The summed E-state index contributed by atoms with van der Waals surface area (Å²) in [5.74, 6) is 0.166. The molecule has 0 spiro atoms. The normalized spacial score (nSPS) is 17.7. The first-order valence-corrected chi connectivity index (χ1v) is 11.2. The van der Waals surface area contributed by atoms with Gasteiger partial charge in [-0.3, -0.25) is 14.5 Å². The number of ether oxygens (including phenoxy) is 1. The van der Waals surface area contributed by atoms with Gasteiger partial charge in [0.1, 0.15) is 0 Å². The van der Waals surface area contributed by atoms with E-state index in [2.05, 4.69) is 16.3 Å². The molecule has 7 nitrogen and oxygen atoms in total. The number of hydrogen-bond acceptors (Lipinski definition) is 5. The van der Waals surface area contributed by atoms with Crippen LogP contribution in [0.4, 0.5) is 0 Å². The standard InChI is InChI=1S/C23H36N4O3/c1-19-16-20(2)18-21(17-19)23(29)27(8-3-7-25-12-14-30-15-13-25)9-4-22(28)26-10-5-24-6-11-26/h16-18,24H,3-15H2,1-2H3. The topological polar surface area (TPSA) is 65.1 Å². The highest BCUT2D eigenvalue weighted by molar-refractivity contribution is 5.95. The smallest absolute Gasteiger partial charge is 0.253 e. The second-order valence-electron chi connectivity index (χ2n) is 8.36. The van der Waals surface area contributed by atoms with Crippen molar-refractivity contribution >= 4 is 11.8 Å².